The van der Waals surface area contributed by atoms with Crippen LogP contribution in [0.5, 0.6) is 0 Å². The number of rotatable bonds is 3. The van der Waals surface area contributed by atoms with Crippen molar-refractivity contribution < 1.29 is 4.79 Å². The summed E-state index contributed by atoms with van der Waals surface area (Å²) in [5, 5.41) is 0. The maximum atomic E-state index is 11.5. The average Bonchev–Trinajstić information content (AvgIpc) is 2.56. The molecule has 1 amide bonds. The molecule has 2 fully saturated rings. The molecule has 0 aliphatic carbocycles. The van der Waals surface area contributed by atoms with Crippen molar-refractivity contribution >= 4 is 17.5 Å². The summed E-state index contributed by atoms with van der Waals surface area (Å²) in [6, 6.07) is 2.44. The number of carbonyl (C=O) groups is 1. The summed E-state index contributed by atoms with van der Waals surface area (Å²) in [7, 11) is 0. The number of nitrogens with zero attached hydrogens (tertiary/aromatic N) is 4. The first-order valence-electron chi connectivity index (χ1n) is 8.28. The topological polar surface area (TPSA) is 75.4 Å². The van der Waals surface area contributed by atoms with E-state index >= 15 is 0 Å². The molecule has 0 spiro atoms. The highest BCUT2D eigenvalue weighted by Gasteiger charge is 2.29. The van der Waals surface area contributed by atoms with Gasteiger partial charge in [0.1, 0.15) is 18.0 Å². The summed E-state index contributed by atoms with van der Waals surface area (Å²) in [6.07, 6.45) is 7.23. The molecule has 6 heteroatoms. The Morgan fingerprint density at radius 1 is 1.18 bits per heavy atom. The number of hydrogen-bond acceptors (Lipinski definition) is 5. The van der Waals surface area contributed by atoms with Crippen LogP contribution in [0.3, 0.4) is 0 Å². The predicted molar refractivity (Wildman–Crippen MR) is 86.8 cm³/mol. The second-order valence-corrected chi connectivity index (χ2v) is 6.46. The van der Waals surface area contributed by atoms with E-state index in [9.17, 15) is 4.79 Å². The van der Waals surface area contributed by atoms with Gasteiger partial charge in [0.25, 0.3) is 0 Å². The fourth-order valence-corrected chi connectivity index (χ4v) is 3.45. The van der Waals surface area contributed by atoms with E-state index in [1.807, 2.05) is 0 Å². The lowest BCUT2D eigenvalue weighted by Crippen LogP contribution is -2.46. The zero-order valence-electron chi connectivity index (χ0n) is 13.2. The molecule has 3 rings (SSSR count). The normalized spacial score (nSPS) is 26.0. The molecule has 1 aromatic rings. The molecular formula is C16H25N5O. The van der Waals surface area contributed by atoms with E-state index in [1.54, 1.807) is 6.33 Å². The maximum absolute atomic E-state index is 11.5. The van der Waals surface area contributed by atoms with E-state index in [2.05, 4.69) is 32.8 Å². The van der Waals surface area contributed by atoms with Crippen LogP contribution in [0.15, 0.2) is 12.4 Å². The minimum Gasteiger partial charge on any atom is -0.369 e. The molecule has 2 aliphatic rings. The number of anilines is 2. The van der Waals surface area contributed by atoms with Crippen LogP contribution in [0.2, 0.25) is 0 Å². The van der Waals surface area contributed by atoms with E-state index in [1.165, 1.54) is 19.3 Å². The average molecular weight is 303 g/mol. The third-order valence-corrected chi connectivity index (χ3v) is 4.90. The lowest BCUT2D eigenvalue weighted by Gasteiger charge is -2.38. The van der Waals surface area contributed by atoms with E-state index in [0.29, 0.717) is 12.6 Å². The lowest BCUT2D eigenvalue weighted by atomic mass is 9.93. The molecule has 2 N–H and O–H groups in total. The largest absolute Gasteiger partial charge is 0.369 e. The van der Waals surface area contributed by atoms with Crippen molar-refractivity contribution in [2.45, 2.75) is 45.1 Å². The number of piperidine rings is 2. The Morgan fingerprint density at radius 2 is 1.91 bits per heavy atom. The van der Waals surface area contributed by atoms with Crippen molar-refractivity contribution in [3.05, 3.63) is 12.4 Å². The second kappa shape index (κ2) is 6.50. The van der Waals surface area contributed by atoms with Crippen LogP contribution < -0.4 is 15.5 Å². The standard InChI is InChI=1S/C16H25N5O/c1-12-5-6-13(16(17)22)10-21(12)15-9-14(18-11-19-15)20-7-3-2-4-8-20/h9,11-13H,2-8,10H2,1H3,(H2,17,22)/t12-,13+/m0/s1. The van der Waals surface area contributed by atoms with Crippen molar-refractivity contribution in [3.8, 4) is 0 Å². The van der Waals surface area contributed by atoms with Gasteiger partial charge < -0.3 is 15.5 Å². The number of amides is 1. The van der Waals surface area contributed by atoms with E-state index in [-0.39, 0.29) is 11.8 Å². The van der Waals surface area contributed by atoms with Crippen molar-refractivity contribution in [3.63, 3.8) is 0 Å². The van der Waals surface area contributed by atoms with Gasteiger partial charge in [-0.15, -0.1) is 0 Å². The summed E-state index contributed by atoms with van der Waals surface area (Å²) in [5.41, 5.74) is 5.49. The van der Waals surface area contributed by atoms with Crippen LogP contribution in [-0.4, -0.2) is 41.6 Å². The summed E-state index contributed by atoms with van der Waals surface area (Å²) in [6.45, 7) is 4.97. The molecule has 120 valence electrons. The molecule has 0 radical (unpaired) electrons. The molecule has 2 aliphatic heterocycles. The summed E-state index contributed by atoms with van der Waals surface area (Å²) in [5.74, 6) is 1.62. The molecule has 22 heavy (non-hydrogen) atoms. The third-order valence-electron chi connectivity index (χ3n) is 4.90. The van der Waals surface area contributed by atoms with Crippen molar-refractivity contribution in [2.24, 2.45) is 11.7 Å². The second-order valence-electron chi connectivity index (χ2n) is 6.46. The van der Waals surface area contributed by atoms with E-state index in [4.69, 9.17) is 5.73 Å². The molecule has 6 nitrogen and oxygen atoms in total. The Kier molecular flexibility index (Phi) is 4.45. The van der Waals surface area contributed by atoms with Crippen LogP contribution in [-0.2, 0) is 4.79 Å². The molecule has 3 heterocycles. The highest BCUT2D eigenvalue weighted by atomic mass is 16.1. The first kappa shape index (κ1) is 15.1. The van der Waals surface area contributed by atoms with Crippen LogP contribution in [0.4, 0.5) is 11.6 Å². The smallest absolute Gasteiger partial charge is 0.222 e. The maximum Gasteiger partial charge on any atom is 0.222 e. The van der Waals surface area contributed by atoms with Crippen LogP contribution >= 0.6 is 0 Å². The predicted octanol–water partition coefficient (Wildman–Crippen LogP) is 1.56. The number of hydrogen-bond donors (Lipinski definition) is 1. The first-order valence-corrected chi connectivity index (χ1v) is 8.28. The number of carbonyl (C=O) groups excluding carboxylic acids is 1. The van der Waals surface area contributed by atoms with E-state index < -0.39 is 0 Å². The van der Waals surface area contributed by atoms with Gasteiger partial charge >= 0.3 is 0 Å². The van der Waals surface area contributed by atoms with Gasteiger partial charge in [-0.25, -0.2) is 9.97 Å². The summed E-state index contributed by atoms with van der Waals surface area (Å²) in [4.78, 5) is 24.9. The van der Waals surface area contributed by atoms with Gasteiger partial charge in [-0.3, -0.25) is 4.79 Å². The van der Waals surface area contributed by atoms with Crippen LogP contribution in [0.1, 0.15) is 39.0 Å². The van der Waals surface area contributed by atoms with Crippen molar-refractivity contribution in [2.75, 3.05) is 29.4 Å². The number of primary amides is 1. The van der Waals surface area contributed by atoms with Crippen LogP contribution in [0.25, 0.3) is 0 Å². The molecule has 2 saturated heterocycles. The molecule has 1 aromatic heterocycles. The molecular weight excluding hydrogens is 278 g/mol. The van der Waals surface area contributed by atoms with Crippen LogP contribution in [0, 0.1) is 5.92 Å². The quantitative estimate of drug-likeness (QED) is 0.917. The zero-order chi connectivity index (χ0) is 15.5. The monoisotopic (exact) mass is 303 g/mol. The molecule has 0 bridgehead atoms. The highest BCUT2D eigenvalue weighted by Crippen LogP contribution is 2.28. The molecule has 0 unspecified atom stereocenters. The Labute approximate surface area is 131 Å². The Balaban J connectivity index is 1.79. The van der Waals surface area contributed by atoms with Gasteiger partial charge in [0.05, 0.1) is 5.92 Å². The Bertz CT molecular complexity index is 529. The summed E-state index contributed by atoms with van der Waals surface area (Å²) < 4.78 is 0. The molecule has 2 atom stereocenters. The molecule has 0 aromatic carbocycles. The number of aromatic nitrogens is 2. The Hall–Kier alpha value is -1.85. The van der Waals surface area contributed by atoms with Gasteiger partial charge in [-0.1, -0.05) is 0 Å². The Morgan fingerprint density at radius 3 is 2.64 bits per heavy atom. The SMILES string of the molecule is C[C@H]1CC[C@@H](C(N)=O)CN1c1cc(N2CCCCC2)ncn1. The van der Waals surface area contributed by atoms with Gasteiger partial charge in [0, 0.05) is 31.7 Å². The lowest BCUT2D eigenvalue weighted by molar-refractivity contribution is -0.122. The first-order chi connectivity index (χ1) is 10.6. The van der Waals surface area contributed by atoms with Gasteiger partial charge in [-0.05, 0) is 39.0 Å². The minimum atomic E-state index is -0.206. The van der Waals surface area contributed by atoms with Crippen molar-refractivity contribution in [1.29, 1.82) is 0 Å². The fourth-order valence-electron chi connectivity index (χ4n) is 3.45. The van der Waals surface area contributed by atoms with Crippen molar-refractivity contribution in [1.82, 2.24) is 9.97 Å². The van der Waals surface area contributed by atoms with Gasteiger partial charge in [0.2, 0.25) is 5.91 Å². The minimum absolute atomic E-state index is 0.0791. The highest BCUT2D eigenvalue weighted by molar-refractivity contribution is 5.77. The zero-order valence-corrected chi connectivity index (χ0v) is 13.2. The summed E-state index contributed by atoms with van der Waals surface area (Å²) >= 11 is 0. The third kappa shape index (κ3) is 3.15. The fraction of sp³-hybridized carbons (Fsp3) is 0.688. The van der Waals surface area contributed by atoms with E-state index in [0.717, 1.165) is 37.6 Å². The van der Waals surface area contributed by atoms with Gasteiger partial charge in [0.15, 0.2) is 0 Å². The number of nitrogens with two attached hydrogens (primary N) is 1. The van der Waals surface area contributed by atoms with Gasteiger partial charge in [-0.2, -0.15) is 0 Å². The molecule has 0 saturated carbocycles.